The van der Waals surface area contributed by atoms with Crippen molar-refractivity contribution in [3.8, 4) is 0 Å². The van der Waals surface area contributed by atoms with E-state index < -0.39 is 0 Å². The van der Waals surface area contributed by atoms with Gasteiger partial charge in [-0.2, -0.15) is 0 Å². The first kappa shape index (κ1) is 8.78. The van der Waals surface area contributed by atoms with Crippen molar-refractivity contribution >= 4 is 5.70 Å². The highest BCUT2D eigenvalue weighted by atomic mass is 14.8. The lowest BCUT2D eigenvalue weighted by Crippen LogP contribution is -2.02. The summed E-state index contributed by atoms with van der Waals surface area (Å²) in [6.07, 6.45) is 0.931. The normalized spacial score (nSPS) is 9.83. The first-order valence-corrected chi connectivity index (χ1v) is 4.06. The zero-order chi connectivity index (χ0) is 9.14. The monoisotopic (exact) mass is 162 g/mol. The Morgan fingerprint density at radius 3 is 2.75 bits per heavy atom. The topological polar surface area (TPSA) is 38.9 Å². The van der Waals surface area contributed by atoms with Crippen LogP contribution in [0.25, 0.3) is 5.70 Å². The molecule has 0 amide bonds. The van der Waals surface area contributed by atoms with Crippen LogP contribution in [-0.2, 0) is 6.42 Å². The molecular weight excluding hydrogens is 148 g/mol. The van der Waals surface area contributed by atoms with Crippen LogP contribution >= 0.6 is 0 Å². The van der Waals surface area contributed by atoms with Crippen LogP contribution in [-0.4, -0.2) is 4.98 Å². The average molecular weight is 162 g/mol. The number of hydrogen-bond donors (Lipinski definition) is 1. The Morgan fingerprint density at radius 2 is 2.25 bits per heavy atom. The molecule has 1 aromatic heterocycles. The number of aromatic nitrogens is 1. The number of rotatable bonds is 2. The van der Waals surface area contributed by atoms with E-state index in [1.807, 2.05) is 19.1 Å². The molecule has 0 atom stereocenters. The quantitative estimate of drug-likeness (QED) is 0.721. The van der Waals surface area contributed by atoms with Crippen molar-refractivity contribution in [2.24, 2.45) is 5.73 Å². The molecule has 0 aliphatic carbocycles. The third kappa shape index (κ3) is 1.64. The molecule has 2 nitrogen and oxygen atoms in total. The molecule has 0 aliphatic rings. The summed E-state index contributed by atoms with van der Waals surface area (Å²) in [5.41, 5.74) is 9.09. The standard InChI is InChI=1S/C10H14N2/c1-4-9-6-5-7(2)10(12-9)8(3)11/h5-6H,3-4,11H2,1-2H3. The molecular formula is C10H14N2. The number of nitrogens with two attached hydrogens (primary N) is 1. The highest BCUT2D eigenvalue weighted by Crippen LogP contribution is 2.11. The SMILES string of the molecule is C=C(N)c1nc(CC)ccc1C. The fourth-order valence-electron chi connectivity index (χ4n) is 1.09. The smallest absolute Gasteiger partial charge is 0.0885 e. The lowest BCUT2D eigenvalue weighted by molar-refractivity contribution is 1.01. The third-order valence-corrected chi connectivity index (χ3v) is 1.82. The van der Waals surface area contributed by atoms with Crippen molar-refractivity contribution in [1.29, 1.82) is 0 Å². The first-order valence-electron chi connectivity index (χ1n) is 4.06. The summed E-state index contributed by atoms with van der Waals surface area (Å²) < 4.78 is 0. The molecule has 1 heterocycles. The molecule has 64 valence electrons. The Balaban J connectivity index is 3.17. The first-order chi connectivity index (χ1) is 5.65. The third-order valence-electron chi connectivity index (χ3n) is 1.82. The minimum absolute atomic E-state index is 0.544. The average Bonchev–Trinajstić information content (AvgIpc) is 2.05. The molecule has 0 saturated carbocycles. The van der Waals surface area contributed by atoms with Gasteiger partial charge in [0.2, 0.25) is 0 Å². The van der Waals surface area contributed by atoms with E-state index in [0.29, 0.717) is 5.70 Å². The van der Waals surface area contributed by atoms with Crippen LogP contribution in [0.4, 0.5) is 0 Å². The second-order valence-corrected chi connectivity index (χ2v) is 2.85. The number of aryl methyl sites for hydroxylation is 2. The molecule has 0 aromatic carbocycles. The summed E-state index contributed by atoms with van der Waals surface area (Å²) in [6, 6.07) is 4.04. The van der Waals surface area contributed by atoms with Crippen molar-refractivity contribution in [3.63, 3.8) is 0 Å². The summed E-state index contributed by atoms with van der Waals surface area (Å²) in [6.45, 7) is 7.73. The van der Waals surface area contributed by atoms with Crippen LogP contribution in [0.2, 0.25) is 0 Å². The Hall–Kier alpha value is -1.31. The molecule has 2 heteroatoms. The van der Waals surface area contributed by atoms with Crippen LogP contribution in [0, 0.1) is 6.92 Å². The van der Waals surface area contributed by atoms with Crippen LogP contribution in [0.3, 0.4) is 0 Å². The predicted octanol–water partition coefficient (Wildman–Crippen LogP) is 1.88. The zero-order valence-electron chi connectivity index (χ0n) is 7.59. The van der Waals surface area contributed by atoms with E-state index in [2.05, 4.69) is 18.5 Å². The van der Waals surface area contributed by atoms with E-state index in [1.54, 1.807) is 0 Å². The van der Waals surface area contributed by atoms with E-state index >= 15 is 0 Å². The van der Waals surface area contributed by atoms with Gasteiger partial charge in [0.25, 0.3) is 0 Å². The van der Waals surface area contributed by atoms with Crippen molar-refractivity contribution in [2.75, 3.05) is 0 Å². The summed E-state index contributed by atoms with van der Waals surface area (Å²) in [7, 11) is 0. The van der Waals surface area contributed by atoms with Gasteiger partial charge < -0.3 is 5.73 Å². The molecule has 0 bridgehead atoms. The highest BCUT2D eigenvalue weighted by Gasteiger charge is 2.01. The molecule has 0 unspecified atom stereocenters. The van der Waals surface area contributed by atoms with Gasteiger partial charge in [-0.25, -0.2) is 0 Å². The summed E-state index contributed by atoms with van der Waals surface area (Å²) >= 11 is 0. The number of hydrogen-bond acceptors (Lipinski definition) is 2. The van der Waals surface area contributed by atoms with Crippen LogP contribution in [0.1, 0.15) is 23.9 Å². The van der Waals surface area contributed by atoms with Gasteiger partial charge >= 0.3 is 0 Å². The van der Waals surface area contributed by atoms with Crippen LogP contribution in [0.15, 0.2) is 18.7 Å². The molecule has 1 aromatic rings. The summed E-state index contributed by atoms with van der Waals surface area (Å²) in [5, 5.41) is 0. The van der Waals surface area contributed by atoms with Crippen molar-refractivity contribution in [1.82, 2.24) is 4.98 Å². The summed E-state index contributed by atoms with van der Waals surface area (Å²) in [5.74, 6) is 0. The number of nitrogens with zero attached hydrogens (tertiary/aromatic N) is 1. The van der Waals surface area contributed by atoms with Crippen molar-refractivity contribution in [2.45, 2.75) is 20.3 Å². The lowest BCUT2D eigenvalue weighted by atomic mass is 10.1. The minimum atomic E-state index is 0.544. The van der Waals surface area contributed by atoms with E-state index in [-0.39, 0.29) is 0 Å². The molecule has 0 spiro atoms. The molecule has 2 N–H and O–H groups in total. The Kier molecular flexibility index (Phi) is 2.48. The fraction of sp³-hybridized carbons (Fsp3) is 0.300. The van der Waals surface area contributed by atoms with Gasteiger partial charge in [0, 0.05) is 5.69 Å². The maximum Gasteiger partial charge on any atom is 0.0885 e. The molecule has 0 aliphatic heterocycles. The molecule has 0 fully saturated rings. The predicted molar refractivity (Wildman–Crippen MR) is 51.6 cm³/mol. The van der Waals surface area contributed by atoms with Gasteiger partial charge in [-0.05, 0) is 25.0 Å². The number of pyridine rings is 1. The highest BCUT2D eigenvalue weighted by molar-refractivity contribution is 5.59. The van der Waals surface area contributed by atoms with Crippen LogP contribution < -0.4 is 5.73 Å². The van der Waals surface area contributed by atoms with Gasteiger partial charge in [0.1, 0.15) is 0 Å². The largest absolute Gasteiger partial charge is 0.397 e. The maximum absolute atomic E-state index is 5.58. The van der Waals surface area contributed by atoms with Gasteiger partial charge in [0.15, 0.2) is 0 Å². The van der Waals surface area contributed by atoms with Gasteiger partial charge in [-0.1, -0.05) is 19.6 Å². The Bertz CT molecular complexity index is 303. The summed E-state index contributed by atoms with van der Waals surface area (Å²) in [4.78, 5) is 4.37. The molecule has 12 heavy (non-hydrogen) atoms. The fourth-order valence-corrected chi connectivity index (χ4v) is 1.09. The minimum Gasteiger partial charge on any atom is -0.397 e. The Labute approximate surface area is 73.1 Å². The van der Waals surface area contributed by atoms with E-state index in [4.69, 9.17) is 5.73 Å². The van der Waals surface area contributed by atoms with Crippen molar-refractivity contribution < 1.29 is 0 Å². The van der Waals surface area contributed by atoms with Gasteiger partial charge in [0.05, 0.1) is 11.4 Å². The lowest BCUT2D eigenvalue weighted by Gasteiger charge is -2.05. The maximum atomic E-state index is 5.58. The second kappa shape index (κ2) is 3.39. The molecule has 0 saturated heterocycles. The second-order valence-electron chi connectivity index (χ2n) is 2.85. The van der Waals surface area contributed by atoms with Gasteiger partial charge in [-0.3, -0.25) is 4.98 Å². The van der Waals surface area contributed by atoms with Crippen LogP contribution in [0.5, 0.6) is 0 Å². The molecule has 0 radical (unpaired) electrons. The molecule has 1 rings (SSSR count). The van der Waals surface area contributed by atoms with Crippen molar-refractivity contribution in [3.05, 3.63) is 35.7 Å². The van der Waals surface area contributed by atoms with Gasteiger partial charge in [-0.15, -0.1) is 0 Å². The van der Waals surface area contributed by atoms with E-state index in [0.717, 1.165) is 23.4 Å². The zero-order valence-corrected chi connectivity index (χ0v) is 7.59. The Morgan fingerprint density at radius 1 is 1.58 bits per heavy atom. The van der Waals surface area contributed by atoms with E-state index in [1.165, 1.54) is 0 Å². The van der Waals surface area contributed by atoms with E-state index in [9.17, 15) is 0 Å².